The molecule has 6 heterocycles. The first kappa shape index (κ1) is 48.7. The molecule has 2 aliphatic carbocycles. The molecule has 4 saturated heterocycles. The van der Waals surface area contributed by atoms with E-state index >= 15 is 0 Å². The normalized spacial score (nSPS) is 23.0. The number of piperidine rings is 4. The number of aromatic nitrogens is 2. The number of rotatable bonds is 8. The van der Waals surface area contributed by atoms with Gasteiger partial charge in [0.25, 0.3) is 0 Å². The second-order valence-electron chi connectivity index (χ2n) is 21.7. The van der Waals surface area contributed by atoms with Crippen molar-refractivity contribution in [3.05, 3.63) is 174 Å². The van der Waals surface area contributed by atoms with E-state index in [0.29, 0.717) is 29.6 Å². The van der Waals surface area contributed by atoms with Crippen molar-refractivity contribution in [3.8, 4) is 0 Å². The fourth-order valence-corrected chi connectivity index (χ4v) is 14.1. The monoisotopic (exact) mass is 995 g/mol. The Bertz CT molecular complexity index is 2350. The largest absolute Gasteiger partial charge is 0.389 e. The van der Waals surface area contributed by atoms with E-state index in [0.717, 1.165) is 108 Å². The van der Waals surface area contributed by atoms with Crippen LogP contribution < -0.4 is 10.6 Å². The summed E-state index contributed by atoms with van der Waals surface area (Å²) >= 11 is 10.9. The summed E-state index contributed by atoms with van der Waals surface area (Å²) in [5.74, 6) is 3.16. The van der Waals surface area contributed by atoms with Crippen LogP contribution in [-0.2, 0) is 25.7 Å². The minimum atomic E-state index is 0.283. The lowest BCUT2D eigenvalue weighted by atomic mass is 9.76. The highest BCUT2D eigenvalue weighted by molar-refractivity contribution is 9.10. The predicted molar refractivity (Wildman–Crippen MR) is 287 cm³/mol. The molecule has 4 aliphatic heterocycles. The number of aryl methyl sites for hydroxylation is 8. The van der Waals surface area contributed by atoms with Crippen LogP contribution in [0.25, 0.3) is 0 Å². The summed E-state index contributed by atoms with van der Waals surface area (Å²) in [7, 11) is 0. The number of halogens is 2. The summed E-state index contributed by atoms with van der Waals surface area (Å²) < 4.78 is 1.26. The van der Waals surface area contributed by atoms with Gasteiger partial charge >= 0.3 is 0 Å². The van der Waals surface area contributed by atoms with Gasteiger partial charge in [0.15, 0.2) is 0 Å². The second-order valence-corrected chi connectivity index (χ2v) is 22.9. The number of nitrogens with zero attached hydrogens (tertiary/aromatic N) is 4. The van der Waals surface area contributed by atoms with Crippen LogP contribution in [0.1, 0.15) is 143 Å². The quantitative estimate of drug-likeness (QED) is 0.183. The van der Waals surface area contributed by atoms with Gasteiger partial charge in [0, 0.05) is 95.8 Å². The number of hydrogen-bond acceptors (Lipinski definition) is 6. The highest BCUT2D eigenvalue weighted by Gasteiger charge is 2.38. The van der Waals surface area contributed by atoms with Crippen LogP contribution in [0.15, 0.2) is 102 Å². The number of hydrogen-bond donors (Lipinski definition) is 2. The molecule has 6 nitrogen and oxygen atoms in total. The molecule has 2 N–H and O–H groups in total. The van der Waals surface area contributed by atoms with Crippen LogP contribution in [0.4, 0.5) is 0 Å². The molecular weight excluding hydrogens is 920 g/mol. The molecule has 4 aromatic rings. The topological polar surface area (TPSA) is 56.3 Å². The highest BCUT2D eigenvalue weighted by Crippen LogP contribution is 2.48. The van der Waals surface area contributed by atoms with Gasteiger partial charge in [0.2, 0.25) is 0 Å². The van der Waals surface area contributed by atoms with Crippen LogP contribution in [0.3, 0.4) is 0 Å². The Morgan fingerprint density at radius 3 is 1.44 bits per heavy atom. The Balaban J connectivity index is 0.000000170. The zero-order valence-corrected chi connectivity index (χ0v) is 43.9. The molecule has 8 heteroatoms. The molecule has 2 aromatic heterocycles. The first-order chi connectivity index (χ1) is 32.8. The van der Waals surface area contributed by atoms with Gasteiger partial charge < -0.3 is 20.4 Å². The van der Waals surface area contributed by atoms with Crippen LogP contribution in [0.5, 0.6) is 0 Å². The number of likely N-dealkylation sites (tertiary alicyclic amines) is 2. The van der Waals surface area contributed by atoms with E-state index in [1.54, 1.807) is 0 Å². The average Bonchev–Trinajstić information content (AvgIpc) is 3.58. The van der Waals surface area contributed by atoms with Crippen LogP contribution in [0, 0.1) is 51.4 Å². The van der Waals surface area contributed by atoms with E-state index in [1.807, 2.05) is 6.20 Å². The van der Waals surface area contributed by atoms with E-state index in [-0.39, 0.29) is 5.92 Å². The molecule has 4 atom stereocenters. The molecule has 0 amide bonds. The van der Waals surface area contributed by atoms with Crippen molar-refractivity contribution < 1.29 is 0 Å². The highest BCUT2D eigenvalue weighted by atomic mass is 79.9. The Labute approximate surface area is 422 Å². The molecular formula is C60H76BrClN6. The number of allylic oxidation sites excluding steroid dienone is 4. The minimum absolute atomic E-state index is 0.283. The van der Waals surface area contributed by atoms with Crippen molar-refractivity contribution in [2.24, 2.45) is 23.7 Å². The van der Waals surface area contributed by atoms with E-state index in [9.17, 15) is 0 Å². The van der Waals surface area contributed by atoms with Gasteiger partial charge in [-0.3, -0.25) is 9.97 Å². The maximum absolute atomic E-state index is 6.97. The average molecular weight is 997 g/mol. The number of fused-ring (bicyclic) bond motifs is 4. The third-order valence-electron chi connectivity index (χ3n) is 16.5. The summed E-state index contributed by atoms with van der Waals surface area (Å²) in [6, 6.07) is 14.0. The van der Waals surface area contributed by atoms with E-state index in [1.165, 1.54) is 120 Å². The molecule has 68 heavy (non-hydrogen) atoms. The molecule has 6 aliphatic rings. The fraction of sp³-hybridized carbons (Fsp3) is 0.500. The van der Waals surface area contributed by atoms with Gasteiger partial charge in [0.05, 0.1) is 11.4 Å². The summed E-state index contributed by atoms with van der Waals surface area (Å²) in [4.78, 5) is 15.2. The van der Waals surface area contributed by atoms with Crippen LogP contribution in [-0.4, -0.2) is 59.0 Å². The Morgan fingerprint density at radius 1 is 0.574 bits per heavy atom. The van der Waals surface area contributed by atoms with Crippen molar-refractivity contribution in [3.63, 3.8) is 0 Å². The number of nitrogens with one attached hydrogen (secondary N) is 2. The van der Waals surface area contributed by atoms with Gasteiger partial charge in [-0.2, -0.15) is 0 Å². The Kier molecular flexibility index (Phi) is 15.3. The molecule has 0 radical (unpaired) electrons. The SMILES string of the molecule is C=C1CCC(CC(=C)N2CCC(C3c4ncc(C)cc4CCc4cc(C)cc(Br)c43)CC2)CN1.C=C1CCC(CC(=C)N2CCC(C3c4ncc(C)cc4CCc4cc(C)cc(Cl)c43)CC2)CN1. The van der Waals surface area contributed by atoms with Crippen LogP contribution >= 0.6 is 27.5 Å². The minimum Gasteiger partial charge on any atom is -0.389 e. The lowest BCUT2D eigenvalue weighted by Crippen LogP contribution is -2.37. The molecule has 0 saturated carbocycles. The standard InChI is InChI=1S/C30H38BrN3.C30H38ClN3/c2*1-19-13-25-7-8-26-14-20(2)17-33-30(26)29(28(25)27(31)15-19)24-9-11-34(12-10-24)22(4)16-23-6-5-21(3)32-18-23/h2*13-15,17,23-24,29,32H,3-12,16,18H2,1-2H3. The zero-order chi connectivity index (χ0) is 47.6. The molecule has 10 rings (SSSR count). The van der Waals surface area contributed by atoms with Gasteiger partial charge in [-0.05, 0) is 209 Å². The van der Waals surface area contributed by atoms with Gasteiger partial charge in [0.1, 0.15) is 0 Å². The smallest absolute Gasteiger partial charge is 0.0514 e. The van der Waals surface area contributed by atoms with Crippen molar-refractivity contribution in [1.82, 2.24) is 30.4 Å². The van der Waals surface area contributed by atoms with Crippen molar-refractivity contribution >= 4 is 27.5 Å². The van der Waals surface area contributed by atoms with Gasteiger partial charge in [-0.25, -0.2) is 0 Å². The molecule has 0 spiro atoms. The predicted octanol–water partition coefficient (Wildman–Crippen LogP) is 13.5. The van der Waals surface area contributed by atoms with E-state index in [4.69, 9.17) is 21.6 Å². The van der Waals surface area contributed by atoms with Gasteiger partial charge in [-0.15, -0.1) is 0 Å². The molecule has 4 unspecified atom stereocenters. The maximum atomic E-state index is 6.97. The Morgan fingerprint density at radius 2 is 0.985 bits per heavy atom. The molecule has 360 valence electrons. The lowest BCUT2D eigenvalue weighted by Gasteiger charge is -2.40. The third-order valence-corrected chi connectivity index (χ3v) is 17.5. The lowest BCUT2D eigenvalue weighted by molar-refractivity contribution is 0.200. The first-order valence-electron chi connectivity index (χ1n) is 25.9. The first-order valence-corrected chi connectivity index (χ1v) is 27.1. The maximum Gasteiger partial charge on any atom is 0.0514 e. The summed E-state index contributed by atoms with van der Waals surface area (Å²) in [6.45, 7) is 32.3. The van der Waals surface area contributed by atoms with Crippen molar-refractivity contribution in [1.29, 1.82) is 0 Å². The summed E-state index contributed by atoms with van der Waals surface area (Å²) in [6.07, 6.45) is 19.9. The van der Waals surface area contributed by atoms with E-state index < -0.39 is 0 Å². The van der Waals surface area contributed by atoms with Crippen LogP contribution in [0.2, 0.25) is 5.02 Å². The Hall–Kier alpha value is -4.33. The number of pyridine rings is 2. The van der Waals surface area contributed by atoms with Crippen molar-refractivity contribution in [2.75, 3.05) is 39.3 Å². The summed E-state index contributed by atoms with van der Waals surface area (Å²) in [5, 5.41) is 7.84. The fourth-order valence-electron chi connectivity index (χ4n) is 12.8. The van der Waals surface area contributed by atoms with Crippen molar-refractivity contribution in [2.45, 2.75) is 129 Å². The zero-order valence-electron chi connectivity index (χ0n) is 41.6. The van der Waals surface area contributed by atoms with Gasteiger partial charge in [-0.1, -0.05) is 78.1 Å². The van der Waals surface area contributed by atoms with E-state index in [2.05, 4.69) is 133 Å². The third kappa shape index (κ3) is 11.0. The molecule has 0 bridgehead atoms. The second kappa shape index (κ2) is 21.3. The molecule has 4 fully saturated rings. The molecule has 2 aromatic carbocycles. The number of benzene rings is 2. The summed E-state index contributed by atoms with van der Waals surface area (Å²) in [5.41, 5.74) is 21.3.